The fraction of sp³-hybridized carbons (Fsp3) is 0.458. The largest absolute Gasteiger partial charge is 0.488 e. The lowest BCUT2D eigenvalue weighted by Gasteiger charge is -2.40. The van der Waals surface area contributed by atoms with Crippen LogP contribution in [0.15, 0.2) is 29.3 Å². The van der Waals surface area contributed by atoms with Gasteiger partial charge in [-0.15, -0.1) is 0 Å². The van der Waals surface area contributed by atoms with Gasteiger partial charge in [0.2, 0.25) is 0 Å². The topological polar surface area (TPSA) is 105 Å². The molecule has 0 unspecified atom stereocenters. The minimum absolute atomic E-state index is 0.0294. The maximum absolute atomic E-state index is 13.6. The van der Waals surface area contributed by atoms with E-state index >= 15 is 0 Å². The molecule has 1 aromatic carbocycles. The Labute approximate surface area is 228 Å². The van der Waals surface area contributed by atoms with Crippen LogP contribution >= 0.6 is 11.9 Å². The number of fused-ring (bicyclic) bond motifs is 1. The summed E-state index contributed by atoms with van der Waals surface area (Å²) in [5.74, 6) is -3.95. The monoisotopic (exact) mass is 593 g/mol. The number of hydrogen-bond acceptors (Lipinski definition) is 6. The molecule has 1 saturated heterocycles. The van der Waals surface area contributed by atoms with E-state index in [-0.39, 0.29) is 36.8 Å². The molecule has 0 bridgehead atoms. The number of likely N-dealkylation sites (tertiary alicyclic amines) is 1. The van der Waals surface area contributed by atoms with Crippen molar-refractivity contribution in [3.63, 3.8) is 0 Å². The molecule has 2 aliphatic heterocycles. The van der Waals surface area contributed by atoms with Gasteiger partial charge in [0.05, 0.1) is 16.0 Å². The average molecular weight is 594 g/mol. The van der Waals surface area contributed by atoms with Gasteiger partial charge in [0.25, 0.3) is 12.3 Å². The van der Waals surface area contributed by atoms with Gasteiger partial charge in [-0.05, 0) is 49.9 Å². The Morgan fingerprint density at radius 3 is 2.48 bits per heavy atom. The van der Waals surface area contributed by atoms with Crippen LogP contribution in [0.4, 0.5) is 32.0 Å². The maximum atomic E-state index is 13.6. The third kappa shape index (κ3) is 6.16. The summed E-state index contributed by atoms with van der Waals surface area (Å²) in [4.78, 5) is 39.2. The van der Waals surface area contributed by atoms with Gasteiger partial charge in [-0.1, -0.05) is 0 Å². The fourth-order valence-electron chi connectivity index (χ4n) is 4.30. The van der Waals surface area contributed by atoms with E-state index in [1.54, 1.807) is 18.6 Å². The second-order valence-corrected chi connectivity index (χ2v) is 10.4. The zero-order valence-electron chi connectivity index (χ0n) is 21.2. The molecule has 1 aromatic heterocycles. The lowest BCUT2D eigenvalue weighted by atomic mass is 9.89. The number of aromatic nitrogens is 1. The molecule has 3 amide bonds. The van der Waals surface area contributed by atoms with Gasteiger partial charge in [-0.3, -0.25) is 14.4 Å². The Hall–Kier alpha value is -3.40. The summed E-state index contributed by atoms with van der Waals surface area (Å²) in [6, 6.07) is 0.671. The molecule has 3 N–H and O–H groups in total. The highest BCUT2D eigenvalue weighted by Gasteiger charge is 2.42. The number of nitrogens with one attached hydrogen (secondary N) is 3. The number of piperidine rings is 1. The SMILES string of the molecule is C[C@H](NC(=O)C(=O)N1CCC2(CC1)COc1c(cn(C)c1C(=O)Nc1ccc(F)c(C(F)F)c1)SN2)C(F)(F)F. The van der Waals surface area contributed by atoms with Gasteiger partial charge >= 0.3 is 18.0 Å². The van der Waals surface area contributed by atoms with Crippen molar-refractivity contribution in [3.8, 4) is 5.75 Å². The first-order valence-corrected chi connectivity index (χ1v) is 12.8. The van der Waals surface area contributed by atoms with Crippen LogP contribution in [0.5, 0.6) is 5.75 Å². The molecule has 1 spiro atoms. The lowest BCUT2D eigenvalue weighted by molar-refractivity contribution is -0.162. The molecule has 9 nitrogen and oxygen atoms in total. The van der Waals surface area contributed by atoms with Gasteiger partial charge in [0.1, 0.15) is 18.5 Å². The van der Waals surface area contributed by atoms with Crippen LogP contribution in [0.3, 0.4) is 0 Å². The lowest BCUT2D eigenvalue weighted by Crippen LogP contribution is -2.57. The number of nitrogens with zero attached hydrogens (tertiary/aromatic N) is 2. The quantitative estimate of drug-likeness (QED) is 0.283. The predicted octanol–water partition coefficient (Wildman–Crippen LogP) is 3.77. The van der Waals surface area contributed by atoms with Crippen molar-refractivity contribution in [3.05, 3.63) is 41.5 Å². The Kier molecular flexibility index (Phi) is 8.31. The second kappa shape index (κ2) is 11.2. The highest BCUT2D eigenvalue weighted by Crippen LogP contribution is 2.40. The number of aryl methyl sites for hydroxylation is 1. The summed E-state index contributed by atoms with van der Waals surface area (Å²) in [5, 5.41) is 4.14. The van der Waals surface area contributed by atoms with E-state index < -0.39 is 53.3 Å². The van der Waals surface area contributed by atoms with E-state index in [0.29, 0.717) is 17.7 Å². The van der Waals surface area contributed by atoms with Gasteiger partial charge in [0.15, 0.2) is 11.4 Å². The molecule has 16 heteroatoms. The third-order valence-corrected chi connectivity index (χ3v) is 7.76. The van der Waals surface area contributed by atoms with E-state index in [1.807, 2.05) is 0 Å². The molecule has 218 valence electrons. The second-order valence-electron chi connectivity index (χ2n) is 9.58. The molecule has 2 aromatic rings. The molecule has 40 heavy (non-hydrogen) atoms. The van der Waals surface area contributed by atoms with Crippen LogP contribution in [0.2, 0.25) is 0 Å². The van der Waals surface area contributed by atoms with Crippen molar-refractivity contribution in [2.45, 2.75) is 48.8 Å². The molecule has 1 fully saturated rings. The van der Waals surface area contributed by atoms with E-state index in [4.69, 9.17) is 4.74 Å². The van der Waals surface area contributed by atoms with Crippen LogP contribution in [-0.2, 0) is 16.6 Å². The molecule has 0 saturated carbocycles. The summed E-state index contributed by atoms with van der Waals surface area (Å²) < 4.78 is 88.7. The Morgan fingerprint density at radius 1 is 1.18 bits per heavy atom. The summed E-state index contributed by atoms with van der Waals surface area (Å²) in [7, 11) is 1.59. The summed E-state index contributed by atoms with van der Waals surface area (Å²) in [6.07, 6.45) is -5.51. The zero-order chi connectivity index (χ0) is 29.4. The first-order chi connectivity index (χ1) is 18.7. The van der Waals surface area contributed by atoms with Crippen molar-refractivity contribution in [2.75, 3.05) is 25.0 Å². The van der Waals surface area contributed by atoms with Crippen molar-refractivity contribution in [1.29, 1.82) is 0 Å². The minimum Gasteiger partial charge on any atom is -0.488 e. The van der Waals surface area contributed by atoms with Gasteiger partial charge in [-0.25, -0.2) is 17.9 Å². The number of carbonyl (C=O) groups excluding carboxylic acids is 3. The van der Waals surface area contributed by atoms with E-state index in [9.17, 15) is 40.7 Å². The minimum atomic E-state index is -4.68. The predicted molar refractivity (Wildman–Crippen MR) is 131 cm³/mol. The summed E-state index contributed by atoms with van der Waals surface area (Å²) in [6.45, 7) is 0.952. The summed E-state index contributed by atoms with van der Waals surface area (Å²) in [5.41, 5.74) is -1.47. The average Bonchev–Trinajstić information content (AvgIpc) is 3.12. The molecule has 1 atom stereocenters. The number of anilines is 1. The smallest absolute Gasteiger partial charge is 0.408 e. The zero-order valence-corrected chi connectivity index (χ0v) is 22.0. The molecular weight excluding hydrogens is 568 g/mol. The number of amides is 3. The van der Waals surface area contributed by atoms with Crippen LogP contribution in [-0.4, -0.2) is 64.6 Å². The fourth-order valence-corrected chi connectivity index (χ4v) is 5.35. The van der Waals surface area contributed by atoms with Crippen molar-refractivity contribution >= 4 is 35.4 Å². The van der Waals surface area contributed by atoms with E-state index in [1.165, 1.54) is 21.4 Å². The van der Waals surface area contributed by atoms with Crippen LogP contribution < -0.4 is 20.1 Å². The van der Waals surface area contributed by atoms with E-state index in [0.717, 1.165) is 25.1 Å². The van der Waals surface area contributed by atoms with Crippen molar-refractivity contribution < 1.29 is 45.5 Å². The third-order valence-electron chi connectivity index (χ3n) is 6.72. The maximum Gasteiger partial charge on any atom is 0.408 e. The molecule has 0 aliphatic carbocycles. The molecular formula is C24H25F6N5O4S. The standard InChI is InChI=1S/C24H25F6N5O4S/c1-12(24(28,29)30)31-21(37)22(38)35-7-5-23(6-8-35)11-39-18-16(40-33-23)10-34(2)17(18)20(36)32-13-3-4-15(25)14(9-13)19(26)27/h3-4,9-10,12,19,33H,5-8,11H2,1-2H3,(H,31,37)(H,32,36)/t12-/m0/s1. The molecule has 0 radical (unpaired) electrons. The number of rotatable bonds is 4. The van der Waals surface area contributed by atoms with Crippen LogP contribution in [0.1, 0.15) is 42.2 Å². The number of ether oxygens (including phenoxy) is 1. The van der Waals surface area contributed by atoms with Gasteiger partial charge in [-0.2, -0.15) is 13.2 Å². The van der Waals surface area contributed by atoms with Crippen molar-refractivity contribution in [1.82, 2.24) is 19.5 Å². The summed E-state index contributed by atoms with van der Waals surface area (Å²) >= 11 is 1.18. The number of halogens is 6. The van der Waals surface area contributed by atoms with Crippen molar-refractivity contribution in [2.24, 2.45) is 7.05 Å². The number of alkyl halides is 5. The molecule has 2 aliphatic rings. The highest BCUT2D eigenvalue weighted by atomic mass is 32.2. The Morgan fingerprint density at radius 2 is 1.85 bits per heavy atom. The van der Waals surface area contributed by atoms with Gasteiger partial charge in [0, 0.05) is 32.0 Å². The number of carbonyl (C=O) groups is 3. The Bertz CT molecular complexity index is 1310. The normalized spacial score (nSPS) is 17.6. The molecule has 4 rings (SSSR count). The molecule has 3 heterocycles. The van der Waals surface area contributed by atoms with Gasteiger partial charge < -0.3 is 24.8 Å². The Balaban J connectivity index is 1.40. The van der Waals surface area contributed by atoms with E-state index in [2.05, 4.69) is 10.0 Å². The number of benzene rings is 1. The first-order valence-electron chi connectivity index (χ1n) is 12.0. The first kappa shape index (κ1) is 29.6. The number of hydrogen-bond donors (Lipinski definition) is 3. The highest BCUT2D eigenvalue weighted by molar-refractivity contribution is 7.97. The van der Waals surface area contributed by atoms with Crippen LogP contribution in [0, 0.1) is 5.82 Å². The van der Waals surface area contributed by atoms with Crippen LogP contribution in [0.25, 0.3) is 0 Å².